The Labute approximate surface area is 67.7 Å². The predicted molar refractivity (Wildman–Crippen MR) is 35.4 cm³/mol. The summed E-state index contributed by atoms with van der Waals surface area (Å²) in [5.74, 6) is -0.605. The van der Waals surface area contributed by atoms with Gasteiger partial charge in [0.15, 0.2) is 6.10 Å². The molecule has 0 saturated carbocycles. The van der Waals surface area contributed by atoms with Crippen molar-refractivity contribution in [2.75, 3.05) is 7.11 Å². The highest BCUT2D eigenvalue weighted by atomic mass is 16.7. The zero-order chi connectivity index (χ0) is 9.14. The van der Waals surface area contributed by atoms with Crippen molar-refractivity contribution in [1.82, 2.24) is 5.48 Å². The number of carbonyl (C=O) groups excluding carboxylic acids is 1. The zero-order valence-corrected chi connectivity index (χ0v) is 6.35. The molecule has 1 fully saturated rings. The number of carbonyl (C=O) groups is 1. The molecule has 1 heterocycles. The molecule has 7 nitrogen and oxygen atoms in total. The first-order chi connectivity index (χ1) is 5.65. The quantitative estimate of drug-likeness (QED) is 0.331. The van der Waals surface area contributed by atoms with Gasteiger partial charge in [0.05, 0.1) is 13.5 Å². The van der Waals surface area contributed by atoms with Crippen LogP contribution in [0.25, 0.3) is 0 Å². The number of rotatable bonds is 2. The molecule has 1 N–H and O–H groups in total. The van der Waals surface area contributed by atoms with Crippen LogP contribution in [-0.2, 0) is 14.4 Å². The summed E-state index contributed by atoms with van der Waals surface area (Å²) in [6.07, 6.45) is -1.89. The van der Waals surface area contributed by atoms with E-state index in [-0.39, 0.29) is 6.42 Å². The van der Waals surface area contributed by atoms with Gasteiger partial charge in [0.1, 0.15) is 0 Å². The predicted octanol–water partition coefficient (Wildman–Crippen LogP) is -0.944. The number of hydroxylamine groups is 1. The van der Waals surface area contributed by atoms with Crippen LogP contribution in [0.2, 0.25) is 0 Å². The fourth-order valence-electron chi connectivity index (χ4n) is 0.865. The van der Waals surface area contributed by atoms with Crippen LogP contribution in [0.15, 0.2) is 0 Å². The Morgan fingerprint density at radius 2 is 2.50 bits per heavy atom. The number of ether oxygens (including phenoxy) is 1. The molecule has 0 aromatic carbocycles. The molecule has 1 aliphatic heterocycles. The third-order valence-corrected chi connectivity index (χ3v) is 1.50. The van der Waals surface area contributed by atoms with Crippen LogP contribution in [0.1, 0.15) is 6.42 Å². The summed E-state index contributed by atoms with van der Waals surface area (Å²) in [5.41, 5.74) is 2.12. The molecule has 1 saturated heterocycles. The van der Waals surface area contributed by atoms with Gasteiger partial charge < -0.3 is 4.74 Å². The van der Waals surface area contributed by atoms with E-state index in [4.69, 9.17) is 0 Å². The van der Waals surface area contributed by atoms with Gasteiger partial charge in [-0.1, -0.05) is 0 Å². The maximum atomic E-state index is 10.8. The third kappa shape index (κ3) is 1.69. The fourth-order valence-corrected chi connectivity index (χ4v) is 0.865. The van der Waals surface area contributed by atoms with Gasteiger partial charge in [-0.15, -0.1) is 5.48 Å². The molecule has 2 unspecified atom stereocenters. The SMILES string of the molecule is COC(=O)C1CC([N+](=O)[O-])NO1. The molecule has 0 aromatic rings. The average molecular weight is 176 g/mol. The molecule has 0 spiro atoms. The molecule has 2 atom stereocenters. The van der Waals surface area contributed by atoms with Crippen LogP contribution in [0, 0.1) is 10.1 Å². The average Bonchev–Trinajstić information content (AvgIpc) is 2.51. The molecular formula is C5H8N2O5. The fraction of sp³-hybridized carbons (Fsp3) is 0.800. The highest BCUT2D eigenvalue weighted by molar-refractivity contribution is 5.74. The van der Waals surface area contributed by atoms with Gasteiger partial charge in [-0.2, -0.15) is 0 Å². The first kappa shape index (κ1) is 8.88. The van der Waals surface area contributed by atoms with Crippen molar-refractivity contribution >= 4 is 5.97 Å². The minimum Gasteiger partial charge on any atom is -0.467 e. The van der Waals surface area contributed by atoms with E-state index >= 15 is 0 Å². The van der Waals surface area contributed by atoms with Crippen LogP contribution >= 0.6 is 0 Å². The summed E-state index contributed by atoms with van der Waals surface area (Å²) in [5, 5.41) is 10.2. The van der Waals surface area contributed by atoms with Crippen molar-refractivity contribution in [2.24, 2.45) is 0 Å². The van der Waals surface area contributed by atoms with Gasteiger partial charge in [0.25, 0.3) is 6.17 Å². The number of esters is 1. The van der Waals surface area contributed by atoms with E-state index in [1.165, 1.54) is 7.11 Å². The molecule has 7 heteroatoms. The molecule has 0 radical (unpaired) electrons. The topological polar surface area (TPSA) is 90.7 Å². The molecule has 1 rings (SSSR count). The normalized spacial score (nSPS) is 28.4. The zero-order valence-electron chi connectivity index (χ0n) is 6.35. The maximum absolute atomic E-state index is 10.8. The van der Waals surface area contributed by atoms with Crippen molar-refractivity contribution in [3.8, 4) is 0 Å². The van der Waals surface area contributed by atoms with Crippen LogP contribution in [0.4, 0.5) is 0 Å². The first-order valence-electron chi connectivity index (χ1n) is 3.27. The number of nitrogens with one attached hydrogen (secondary N) is 1. The lowest BCUT2D eigenvalue weighted by Gasteiger charge is -2.01. The van der Waals surface area contributed by atoms with E-state index in [9.17, 15) is 14.9 Å². The summed E-state index contributed by atoms with van der Waals surface area (Å²) in [6, 6.07) is 0. The van der Waals surface area contributed by atoms with Crippen molar-refractivity contribution in [3.63, 3.8) is 0 Å². The number of hydrogen-bond acceptors (Lipinski definition) is 6. The summed E-state index contributed by atoms with van der Waals surface area (Å²) in [7, 11) is 1.20. The lowest BCUT2D eigenvalue weighted by Crippen LogP contribution is -2.28. The van der Waals surface area contributed by atoms with E-state index in [0.29, 0.717) is 0 Å². The number of nitro groups is 1. The van der Waals surface area contributed by atoms with E-state index in [1.807, 2.05) is 0 Å². The number of nitrogens with zero attached hydrogens (tertiary/aromatic N) is 1. The summed E-state index contributed by atoms with van der Waals surface area (Å²) >= 11 is 0. The Balaban J connectivity index is 2.45. The Bertz CT molecular complexity index is 206. The Hall–Kier alpha value is -1.21. The monoisotopic (exact) mass is 176 g/mol. The van der Waals surface area contributed by atoms with E-state index in [0.717, 1.165) is 0 Å². The summed E-state index contributed by atoms with van der Waals surface area (Å²) in [6.45, 7) is 0. The largest absolute Gasteiger partial charge is 0.467 e. The lowest BCUT2D eigenvalue weighted by molar-refractivity contribution is -0.531. The van der Waals surface area contributed by atoms with E-state index in [1.54, 1.807) is 0 Å². The van der Waals surface area contributed by atoms with Crippen LogP contribution in [-0.4, -0.2) is 30.3 Å². The minimum atomic E-state index is -1.02. The highest BCUT2D eigenvalue weighted by Crippen LogP contribution is 2.11. The van der Waals surface area contributed by atoms with Crippen LogP contribution < -0.4 is 5.48 Å². The summed E-state index contributed by atoms with van der Waals surface area (Å²) in [4.78, 5) is 25.0. The van der Waals surface area contributed by atoms with Crippen molar-refractivity contribution < 1.29 is 19.3 Å². The Morgan fingerprint density at radius 1 is 1.83 bits per heavy atom. The molecule has 0 aromatic heterocycles. The molecular weight excluding hydrogens is 168 g/mol. The third-order valence-electron chi connectivity index (χ3n) is 1.50. The Kier molecular flexibility index (Phi) is 2.56. The summed E-state index contributed by atoms with van der Waals surface area (Å²) < 4.78 is 4.34. The number of methoxy groups -OCH3 is 1. The van der Waals surface area contributed by atoms with Gasteiger partial charge in [0.2, 0.25) is 0 Å². The van der Waals surface area contributed by atoms with Crippen molar-refractivity contribution in [1.29, 1.82) is 0 Å². The molecule has 0 amide bonds. The van der Waals surface area contributed by atoms with Gasteiger partial charge in [-0.05, 0) is 0 Å². The van der Waals surface area contributed by atoms with Crippen molar-refractivity contribution in [3.05, 3.63) is 10.1 Å². The second-order valence-corrected chi connectivity index (χ2v) is 2.28. The second kappa shape index (κ2) is 3.46. The molecule has 1 aliphatic rings. The minimum absolute atomic E-state index is 0.000324. The lowest BCUT2D eigenvalue weighted by atomic mass is 10.2. The van der Waals surface area contributed by atoms with Crippen molar-refractivity contribution in [2.45, 2.75) is 18.7 Å². The molecule has 68 valence electrons. The van der Waals surface area contributed by atoms with Gasteiger partial charge in [-0.3, -0.25) is 15.0 Å². The first-order valence-corrected chi connectivity index (χ1v) is 3.27. The standard InChI is InChI=1S/C5H8N2O5/c1-11-5(8)3-2-4(6-12-3)7(9)10/h3-4,6H,2H2,1H3. The van der Waals surface area contributed by atoms with E-state index < -0.39 is 23.2 Å². The smallest absolute Gasteiger partial charge is 0.337 e. The molecule has 0 bridgehead atoms. The van der Waals surface area contributed by atoms with Crippen LogP contribution in [0.3, 0.4) is 0 Å². The van der Waals surface area contributed by atoms with Gasteiger partial charge >= 0.3 is 5.97 Å². The van der Waals surface area contributed by atoms with Gasteiger partial charge in [-0.25, -0.2) is 4.79 Å². The van der Waals surface area contributed by atoms with Gasteiger partial charge in [0, 0.05) is 4.92 Å². The maximum Gasteiger partial charge on any atom is 0.337 e. The Morgan fingerprint density at radius 3 is 2.92 bits per heavy atom. The molecule has 0 aliphatic carbocycles. The van der Waals surface area contributed by atoms with E-state index in [2.05, 4.69) is 15.1 Å². The number of hydrogen-bond donors (Lipinski definition) is 1. The highest BCUT2D eigenvalue weighted by Gasteiger charge is 2.38. The second-order valence-electron chi connectivity index (χ2n) is 2.28. The van der Waals surface area contributed by atoms with Crippen LogP contribution in [0.5, 0.6) is 0 Å². The molecule has 12 heavy (non-hydrogen) atoms.